The van der Waals surface area contributed by atoms with Gasteiger partial charge in [0.2, 0.25) is 5.88 Å². The van der Waals surface area contributed by atoms with E-state index in [1.54, 1.807) is 25.7 Å². The second-order valence-electron chi connectivity index (χ2n) is 7.83. The maximum Gasteiger partial charge on any atom is 0.222 e. The highest BCUT2D eigenvalue weighted by atomic mass is 16.5. The number of aromatic nitrogens is 5. The molecule has 0 aliphatic carbocycles. The third kappa shape index (κ3) is 3.72. The Bertz CT molecular complexity index is 1270. The molecule has 166 valence electrons. The second kappa shape index (κ2) is 8.82. The van der Waals surface area contributed by atoms with Crippen LogP contribution in [-0.2, 0) is 6.42 Å². The van der Waals surface area contributed by atoms with Gasteiger partial charge in [-0.3, -0.25) is 9.67 Å². The lowest BCUT2D eigenvalue weighted by Gasteiger charge is -2.18. The van der Waals surface area contributed by atoms with Gasteiger partial charge >= 0.3 is 0 Å². The van der Waals surface area contributed by atoms with Gasteiger partial charge in [-0.15, -0.1) is 0 Å². The zero-order valence-electron chi connectivity index (χ0n) is 19.1. The van der Waals surface area contributed by atoms with Crippen LogP contribution in [0.5, 0.6) is 11.6 Å². The number of hydrogen-bond acceptors (Lipinski definition) is 7. The number of rotatable bonds is 7. The number of ether oxygens (including phenoxy) is 2. The quantitative estimate of drug-likeness (QED) is 0.463. The van der Waals surface area contributed by atoms with Crippen molar-refractivity contribution in [1.29, 1.82) is 0 Å². The standard InChI is InChI=1S/C24H28N6O2/c1-6-32-24-17(8-7-10-27-24)22-18(12-16-13-26-11-9-19(16)31-5)20(25)23-21(28-22)15(4)29-30(23)14(2)3/h7-11,13-14H,6,12H2,1-5H3,(H2,25,28). The molecule has 32 heavy (non-hydrogen) atoms. The Balaban J connectivity index is 2.04. The number of nitrogen functional groups attached to an aromatic ring is 1. The van der Waals surface area contributed by atoms with Crippen LogP contribution in [0.25, 0.3) is 22.3 Å². The molecular formula is C24H28N6O2. The van der Waals surface area contributed by atoms with Crippen LogP contribution in [-0.4, -0.2) is 38.4 Å². The first kappa shape index (κ1) is 21.5. The molecular weight excluding hydrogens is 404 g/mol. The summed E-state index contributed by atoms with van der Waals surface area (Å²) in [6.07, 6.45) is 5.70. The van der Waals surface area contributed by atoms with Crippen molar-refractivity contribution < 1.29 is 9.47 Å². The largest absolute Gasteiger partial charge is 0.496 e. The smallest absolute Gasteiger partial charge is 0.222 e. The molecule has 0 radical (unpaired) electrons. The Morgan fingerprint density at radius 3 is 2.72 bits per heavy atom. The maximum absolute atomic E-state index is 6.85. The van der Waals surface area contributed by atoms with Crippen molar-refractivity contribution in [1.82, 2.24) is 24.7 Å². The van der Waals surface area contributed by atoms with Crippen LogP contribution in [0.1, 0.15) is 43.6 Å². The van der Waals surface area contributed by atoms with Gasteiger partial charge in [0, 0.05) is 42.2 Å². The molecule has 0 aliphatic heterocycles. The van der Waals surface area contributed by atoms with E-state index in [4.69, 9.17) is 25.3 Å². The zero-order chi connectivity index (χ0) is 22.8. The molecule has 0 fully saturated rings. The van der Waals surface area contributed by atoms with Crippen LogP contribution in [0.2, 0.25) is 0 Å². The van der Waals surface area contributed by atoms with Crippen molar-refractivity contribution in [3.05, 3.63) is 53.6 Å². The van der Waals surface area contributed by atoms with E-state index in [9.17, 15) is 0 Å². The first-order valence-electron chi connectivity index (χ1n) is 10.7. The van der Waals surface area contributed by atoms with E-state index in [-0.39, 0.29) is 6.04 Å². The van der Waals surface area contributed by atoms with E-state index in [1.165, 1.54) is 0 Å². The summed E-state index contributed by atoms with van der Waals surface area (Å²) in [5, 5.41) is 4.72. The Labute approximate surface area is 187 Å². The summed E-state index contributed by atoms with van der Waals surface area (Å²) < 4.78 is 13.3. The van der Waals surface area contributed by atoms with Crippen molar-refractivity contribution in [3.8, 4) is 22.9 Å². The van der Waals surface area contributed by atoms with E-state index >= 15 is 0 Å². The first-order valence-corrected chi connectivity index (χ1v) is 10.7. The molecule has 0 amide bonds. The van der Waals surface area contributed by atoms with Gasteiger partial charge in [-0.1, -0.05) is 0 Å². The van der Waals surface area contributed by atoms with E-state index < -0.39 is 0 Å². The highest BCUT2D eigenvalue weighted by Crippen LogP contribution is 2.39. The van der Waals surface area contributed by atoms with E-state index in [0.717, 1.165) is 44.9 Å². The summed E-state index contributed by atoms with van der Waals surface area (Å²) in [5.74, 6) is 1.27. The lowest BCUT2D eigenvalue weighted by molar-refractivity contribution is 0.328. The highest BCUT2D eigenvalue weighted by Gasteiger charge is 2.24. The Morgan fingerprint density at radius 1 is 1.19 bits per heavy atom. The SMILES string of the molecule is CCOc1ncccc1-c1nc2c(C)nn(C(C)C)c2c(N)c1Cc1cnccc1OC. The molecule has 4 heterocycles. The fourth-order valence-corrected chi connectivity index (χ4v) is 3.91. The van der Waals surface area contributed by atoms with Gasteiger partial charge in [-0.25, -0.2) is 9.97 Å². The number of aryl methyl sites for hydroxylation is 1. The normalized spacial score (nSPS) is 11.3. The van der Waals surface area contributed by atoms with Gasteiger partial charge in [0.25, 0.3) is 0 Å². The van der Waals surface area contributed by atoms with Crippen LogP contribution >= 0.6 is 0 Å². The Hall–Kier alpha value is -3.68. The lowest BCUT2D eigenvalue weighted by atomic mass is 9.97. The van der Waals surface area contributed by atoms with Crippen LogP contribution in [0, 0.1) is 6.92 Å². The number of methoxy groups -OCH3 is 1. The number of hydrogen-bond donors (Lipinski definition) is 1. The summed E-state index contributed by atoms with van der Waals surface area (Å²) >= 11 is 0. The van der Waals surface area contributed by atoms with Crippen LogP contribution in [0.15, 0.2) is 36.8 Å². The minimum atomic E-state index is 0.138. The fourth-order valence-electron chi connectivity index (χ4n) is 3.91. The van der Waals surface area contributed by atoms with Crippen molar-refractivity contribution in [2.45, 2.75) is 40.2 Å². The van der Waals surface area contributed by atoms with E-state index in [1.807, 2.05) is 36.7 Å². The second-order valence-corrected chi connectivity index (χ2v) is 7.83. The third-order valence-electron chi connectivity index (χ3n) is 5.39. The van der Waals surface area contributed by atoms with Crippen molar-refractivity contribution >= 4 is 16.7 Å². The molecule has 4 rings (SSSR count). The molecule has 0 spiro atoms. The zero-order valence-corrected chi connectivity index (χ0v) is 19.1. The predicted octanol–water partition coefficient (Wildman–Crippen LogP) is 4.36. The minimum absolute atomic E-state index is 0.138. The van der Waals surface area contributed by atoms with Gasteiger partial charge in [-0.2, -0.15) is 5.10 Å². The molecule has 2 N–H and O–H groups in total. The van der Waals surface area contributed by atoms with Crippen molar-refractivity contribution in [3.63, 3.8) is 0 Å². The van der Waals surface area contributed by atoms with Gasteiger partial charge in [0.1, 0.15) is 16.8 Å². The number of nitrogens with zero attached hydrogens (tertiary/aromatic N) is 5. The summed E-state index contributed by atoms with van der Waals surface area (Å²) in [4.78, 5) is 13.8. The lowest BCUT2D eigenvalue weighted by Crippen LogP contribution is -2.09. The van der Waals surface area contributed by atoms with Crippen LogP contribution < -0.4 is 15.2 Å². The molecule has 0 aromatic carbocycles. The first-order chi connectivity index (χ1) is 15.5. The van der Waals surface area contributed by atoms with Crippen molar-refractivity contribution in [2.24, 2.45) is 0 Å². The Kier molecular flexibility index (Phi) is 5.94. The molecule has 8 nitrogen and oxygen atoms in total. The molecule has 0 saturated carbocycles. The van der Waals surface area contributed by atoms with E-state index in [2.05, 4.69) is 23.8 Å². The molecule has 0 unspecified atom stereocenters. The summed E-state index contributed by atoms with van der Waals surface area (Å²) in [5.41, 5.74) is 13.2. The monoisotopic (exact) mass is 432 g/mol. The number of pyridine rings is 3. The summed E-state index contributed by atoms with van der Waals surface area (Å²) in [6, 6.07) is 5.81. The number of fused-ring (bicyclic) bond motifs is 1. The molecule has 4 aromatic rings. The fraction of sp³-hybridized carbons (Fsp3) is 0.333. The number of nitrogens with two attached hydrogens (primary N) is 1. The van der Waals surface area contributed by atoms with E-state index in [0.29, 0.717) is 24.6 Å². The Morgan fingerprint density at radius 2 is 2.00 bits per heavy atom. The molecule has 0 aliphatic rings. The minimum Gasteiger partial charge on any atom is -0.496 e. The predicted molar refractivity (Wildman–Crippen MR) is 125 cm³/mol. The third-order valence-corrected chi connectivity index (χ3v) is 5.39. The molecule has 0 saturated heterocycles. The summed E-state index contributed by atoms with van der Waals surface area (Å²) in [7, 11) is 1.65. The maximum atomic E-state index is 6.85. The van der Waals surface area contributed by atoms with Gasteiger partial charge < -0.3 is 15.2 Å². The van der Waals surface area contributed by atoms with Crippen LogP contribution in [0.4, 0.5) is 5.69 Å². The molecule has 8 heteroatoms. The van der Waals surface area contributed by atoms with Gasteiger partial charge in [0.05, 0.1) is 36.4 Å². The average molecular weight is 433 g/mol. The van der Waals surface area contributed by atoms with Crippen LogP contribution in [0.3, 0.4) is 0 Å². The molecule has 4 aromatic heterocycles. The van der Waals surface area contributed by atoms with Gasteiger partial charge in [-0.05, 0) is 45.9 Å². The highest BCUT2D eigenvalue weighted by molar-refractivity contribution is 5.95. The van der Waals surface area contributed by atoms with Gasteiger partial charge in [0.15, 0.2) is 0 Å². The average Bonchev–Trinajstić information content (AvgIpc) is 3.13. The topological polar surface area (TPSA) is 101 Å². The molecule has 0 atom stereocenters. The molecule has 0 bridgehead atoms. The summed E-state index contributed by atoms with van der Waals surface area (Å²) in [6.45, 7) is 8.54. The van der Waals surface area contributed by atoms with Crippen molar-refractivity contribution in [2.75, 3.05) is 19.5 Å². The number of anilines is 1.